The first-order chi connectivity index (χ1) is 7.67. The maximum absolute atomic E-state index is 11.4. The van der Waals surface area contributed by atoms with Gasteiger partial charge in [0.05, 0.1) is 17.7 Å². The molecule has 1 aromatic rings. The van der Waals surface area contributed by atoms with Gasteiger partial charge < -0.3 is 11.1 Å². The number of rotatable bonds is 4. The summed E-state index contributed by atoms with van der Waals surface area (Å²) < 4.78 is 0. The highest BCUT2D eigenvalue weighted by Gasteiger charge is 2.09. The van der Waals surface area contributed by atoms with Crippen LogP contribution < -0.4 is 11.1 Å². The molecule has 0 saturated heterocycles. The Labute approximate surface area is 95.1 Å². The number of hydrogen-bond acceptors (Lipinski definition) is 3. The first-order valence-corrected chi connectivity index (χ1v) is 5.19. The molecule has 0 aliphatic carbocycles. The molecule has 4 nitrogen and oxygen atoms in total. The average Bonchev–Trinajstić information content (AvgIpc) is 2.35. The first-order valence-electron chi connectivity index (χ1n) is 5.19. The van der Waals surface area contributed by atoms with Crippen molar-refractivity contribution < 1.29 is 4.79 Å². The van der Waals surface area contributed by atoms with Gasteiger partial charge in [-0.15, -0.1) is 0 Å². The predicted molar refractivity (Wildman–Crippen MR) is 61.3 cm³/mol. The SMILES string of the molecule is CC[C@H](N)C(=O)NCc1cccc(C#N)c1. The smallest absolute Gasteiger partial charge is 0.237 e. The van der Waals surface area contributed by atoms with Gasteiger partial charge in [0.2, 0.25) is 5.91 Å². The molecule has 84 valence electrons. The van der Waals surface area contributed by atoms with E-state index in [1.807, 2.05) is 13.0 Å². The second kappa shape index (κ2) is 5.89. The minimum atomic E-state index is -0.459. The summed E-state index contributed by atoms with van der Waals surface area (Å²) in [5.41, 5.74) is 7.06. The fraction of sp³-hybridized carbons (Fsp3) is 0.333. The molecular weight excluding hydrogens is 202 g/mol. The van der Waals surface area contributed by atoms with Crippen LogP contribution in [0, 0.1) is 11.3 Å². The van der Waals surface area contributed by atoms with Crippen molar-refractivity contribution in [3.05, 3.63) is 35.4 Å². The van der Waals surface area contributed by atoms with Crippen LogP contribution in [0.5, 0.6) is 0 Å². The van der Waals surface area contributed by atoms with Crippen molar-refractivity contribution in [3.63, 3.8) is 0 Å². The Morgan fingerprint density at radius 2 is 2.38 bits per heavy atom. The van der Waals surface area contributed by atoms with Gasteiger partial charge in [0.15, 0.2) is 0 Å². The van der Waals surface area contributed by atoms with E-state index in [1.165, 1.54) is 0 Å². The largest absolute Gasteiger partial charge is 0.351 e. The van der Waals surface area contributed by atoms with Gasteiger partial charge in [0.25, 0.3) is 0 Å². The minimum Gasteiger partial charge on any atom is -0.351 e. The molecule has 0 saturated carbocycles. The lowest BCUT2D eigenvalue weighted by Gasteiger charge is -2.09. The quantitative estimate of drug-likeness (QED) is 0.786. The van der Waals surface area contributed by atoms with Crippen LogP contribution in [-0.4, -0.2) is 11.9 Å². The molecule has 0 radical (unpaired) electrons. The molecule has 4 heteroatoms. The lowest BCUT2D eigenvalue weighted by atomic mass is 10.1. The number of carbonyl (C=O) groups is 1. The number of nitrogens with zero attached hydrogens (tertiary/aromatic N) is 1. The van der Waals surface area contributed by atoms with Gasteiger partial charge >= 0.3 is 0 Å². The molecule has 1 rings (SSSR count). The molecule has 0 unspecified atom stereocenters. The van der Waals surface area contributed by atoms with Crippen LogP contribution in [-0.2, 0) is 11.3 Å². The molecule has 3 N–H and O–H groups in total. The van der Waals surface area contributed by atoms with E-state index < -0.39 is 6.04 Å². The number of nitrogens with one attached hydrogen (secondary N) is 1. The van der Waals surface area contributed by atoms with E-state index in [4.69, 9.17) is 11.0 Å². The molecule has 1 atom stereocenters. The summed E-state index contributed by atoms with van der Waals surface area (Å²) in [5.74, 6) is -0.162. The third-order valence-corrected chi connectivity index (χ3v) is 2.30. The van der Waals surface area contributed by atoms with E-state index in [0.29, 0.717) is 18.5 Å². The standard InChI is InChI=1S/C12H15N3O/c1-2-11(14)12(16)15-8-10-5-3-4-9(6-10)7-13/h3-6,11H,2,8,14H2,1H3,(H,15,16)/t11-/m0/s1. The zero-order valence-corrected chi connectivity index (χ0v) is 9.23. The van der Waals surface area contributed by atoms with Gasteiger partial charge in [-0.1, -0.05) is 19.1 Å². The predicted octanol–water partition coefficient (Wildman–Crippen LogP) is 0.912. The summed E-state index contributed by atoms with van der Waals surface area (Å²) in [6.45, 7) is 2.27. The Balaban J connectivity index is 2.55. The third-order valence-electron chi connectivity index (χ3n) is 2.30. The minimum absolute atomic E-state index is 0.162. The van der Waals surface area contributed by atoms with Gasteiger partial charge in [0.1, 0.15) is 0 Å². The summed E-state index contributed by atoms with van der Waals surface area (Å²) in [7, 11) is 0. The van der Waals surface area contributed by atoms with Crippen molar-refractivity contribution in [1.82, 2.24) is 5.32 Å². The topological polar surface area (TPSA) is 78.9 Å². The highest BCUT2D eigenvalue weighted by molar-refractivity contribution is 5.81. The van der Waals surface area contributed by atoms with Crippen molar-refractivity contribution >= 4 is 5.91 Å². The maximum atomic E-state index is 11.4. The van der Waals surface area contributed by atoms with E-state index in [2.05, 4.69) is 11.4 Å². The zero-order valence-electron chi connectivity index (χ0n) is 9.23. The van der Waals surface area contributed by atoms with E-state index in [9.17, 15) is 4.79 Å². The summed E-state index contributed by atoms with van der Waals surface area (Å²) in [5, 5.41) is 11.4. The van der Waals surface area contributed by atoms with Crippen LogP contribution in [0.25, 0.3) is 0 Å². The third kappa shape index (κ3) is 3.37. The fourth-order valence-electron chi connectivity index (χ4n) is 1.26. The van der Waals surface area contributed by atoms with Crippen LogP contribution >= 0.6 is 0 Å². The Hall–Kier alpha value is -1.86. The molecule has 0 fully saturated rings. The number of hydrogen-bond donors (Lipinski definition) is 2. The van der Waals surface area contributed by atoms with Crippen molar-refractivity contribution in [2.75, 3.05) is 0 Å². The molecule has 1 amide bonds. The summed E-state index contributed by atoms with van der Waals surface area (Å²) in [6.07, 6.45) is 0.615. The second-order valence-electron chi connectivity index (χ2n) is 3.54. The zero-order chi connectivity index (χ0) is 12.0. The van der Waals surface area contributed by atoms with Crippen LogP contribution in [0.1, 0.15) is 24.5 Å². The van der Waals surface area contributed by atoms with E-state index in [0.717, 1.165) is 5.56 Å². The lowest BCUT2D eigenvalue weighted by molar-refractivity contribution is -0.122. The first kappa shape index (κ1) is 12.2. The van der Waals surface area contributed by atoms with Gasteiger partial charge in [0, 0.05) is 6.54 Å². The van der Waals surface area contributed by atoms with E-state index >= 15 is 0 Å². The Morgan fingerprint density at radius 1 is 1.62 bits per heavy atom. The molecule has 1 aromatic carbocycles. The molecule has 16 heavy (non-hydrogen) atoms. The van der Waals surface area contributed by atoms with Gasteiger partial charge in [-0.25, -0.2) is 0 Å². The highest BCUT2D eigenvalue weighted by Crippen LogP contribution is 2.03. The number of carbonyl (C=O) groups excluding carboxylic acids is 1. The Kier molecular flexibility index (Phi) is 4.49. The number of nitriles is 1. The molecule has 0 heterocycles. The van der Waals surface area contributed by atoms with E-state index in [1.54, 1.807) is 18.2 Å². The van der Waals surface area contributed by atoms with Gasteiger partial charge in [-0.2, -0.15) is 5.26 Å². The summed E-state index contributed by atoms with van der Waals surface area (Å²) in [4.78, 5) is 11.4. The van der Waals surface area contributed by atoms with Gasteiger partial charge in [-0.05, 0) is 24.1 Å². The van der Waals surface area contributed by atoms with Crippen molar-refractivity contribution in [2.24, 2.45) is 5.73 Å². The molecule has 0 aliphatic heterocycles. The molecule has 0 spiro atoms. The summed E-state index contributed by atoms with van der Waals surface area (Å²) in [6, 6.07) is 8.72. The lowest BCUT2D eigenvalue weighted by Crippen LogP contribution is -2.39. The second-order valence-corrected chi connectivity index (χ2v) is 3.54. The van der Waals surface area contributed by atoms with Crippen molar-refractivity contribution in [1.29, 1.82) is 5.26 Å². The number of benzene rings is 1. The molecular formula is C12H15N3O. The number of nitrogens with two attached hydrogens (primary N) is 1. The van der Waals surface area contributed by atoms with E-state index in [-0.39, 0.29) is 5.91 Å². The van der Waals surface area contributed by atoms with Crippen LogP contribution in [0.2, 0.25) is 0 Å². The highest BCUT2D eigenvalue weighted by atomic mass is 16.2. The normalized spacial score (nSPS) is 11.6. The van der Waals surface area contributed by atoms with Crippen LogP contribution in [0.3, 0.4) is 0 Å². The van der Waals surface area contributed by atoms with Crippen molar-refractivity contribution in [3.8, 4) is 6.07 Å². The van der Waals surface area contributed by atoms with Crippen LogP contribution in [0.4, 0.5) is 0 Å². The van der Waals surface area contributed by atoms with Gasteiger partial charge in [-0.3, -0.25) is 4.79 Å². The monoisotopic (exact) mass is 217 g/mol. The summed E-state index contributed by atoms with van der Waals surface area (Å²) >= 11 is 0. The number of amides is 1. The Bertz CT molecular complexity index is 409. The maximum Gasteiger partial charge on any atom is 0.237 e. The fourth-order valence-corrected chi connectivity index (χ4v) is 1.26. The van der Waals surface area contributed by atoms with Crippen molar-refractivity contribution in [2.45, 2.75) is 25.9 Å². The molecule has 0 aliphatic rings. The Morgan fingerprint density at radius 3 is 3.00 bits per heavy atom. The average molecular weight is 217 g/mol. The molecule has 0 bridgehead atoms. The molecule has 0 aromatic heterocycles. The van der Waals surface area contributed by atoms with Crippen LogP contribution in [0.15, 0.2) is 24.3 Å².